The van der Waals surface area contributed by atoms with E-state index in [1.165, 1.54) is 37.7 Å². The van der Waals surface area contributed by atoms with Gasteiger partial charge in [0.2, 0.25) is 0 Å². The number of hydrogen-bond acceptors (Lipinski definition) is 3. The molecule has 0 unspecified atom stereocenters. The number of aromatic nitrogens is 4. The lowest BCUT2D eigenvalue weighted by Crippen LogP contribution is -1.98. The summed E-state index contributed by atoms with van der Waals surface area (Å²) in [5.74, 6) is 0.664. The Morgan fingerprint density at radius 1 is 0.315 bits per heavy atom. The maximum absolute atomic E-state index is 5.26. The number of fused-ring (bicyclic) bond motifs is 10. The Hall–Kier alpha value is -7.30. The van der Waals surface area contributed by atoms with Gasteiger partial charge in [0.05, 0.1) is 11.4 Å². The molecular weight excluding hydrogens is 657 g/mol. The molecule has 0 radical (unpaired) electrons. The highest BCUT2D eigenvalue weighted by atomic mass is 14.9. The molecule has 3 aromatic heterocycles. The highest BCUT2D eigenvalue weighted by Gasteiger charge is 2.14. The first-order chi connectivity index (χ1) is 26.8. The van der Waals surface area contributed by atoms with Gasteiger partial charge < -0.3 is 0 Å². The molecule has 0 atom stereocenters. The SMILES string of the molecule is c1c[nH+]cc(-c2ccc(-c3cc(-c4ccncc4)nc(-c4ccc5c6ccccc6c6ccccc6c6ccccc6c6ccccc6c5c4)n3)cc2)c1. The Morgan fingerprint density at radius 2 is 0.741 bits per heavy atom. The van der Waals surface area contributed by atoms with Gasteiger partial charge in [-0.15, -0.1) is 0 Å². The molecule has 7 aromatic carbocycles. The first kappa shape index (κ1) is 31.4. The highest BCUT2D eigenvalue weighted by Crippen LogP contribution is 2.37. The van der Waals surface area contributed by atoms with Crippen molar-refractivity contribution in [2.24, 2.45) is 0 Å². The van der Waals surface area contributed by atoms with Gasteiger partial charge in [-0.1, -0.05) is 133 Å². The fourth-order valence-corrected chi connectivity index (χ4v) is 7.75. The van der Waals surface area contributed by atoms with Crippen LogP contribution in [-0.4, -0.2) is 15.0 Å². The fourth-order valence-electron chi connectivity index (χ4n) is 7.75. The lowest BCUT2D eigenvalue weighted by molar-refractivity contribution is -0.377. The average molecular weight is 690 g/mol. The van der Waals surface area contributed by atoms with E-state index in [9.17, 15) is 0 Å². The van der Waals surface area contributed by atoms with E-state index in [0.717, 1.165) is 55.4 Å². The molecule has 0 aliphatic carbocycles. The molecule has 0 fully saturated rings. The second kappa shape index (κ2) is 13.4. The minimum absolute atomic E-state index is 0.664. The highest BCUT2D eigenvalue weighted by molar-refractivity contribution is 6.26. The molecule has 252 valence electrons. The molecule has 0 bridgehead atoms. The van der Waals surface area contributed by atoms with E-state index < -0.39 is 0 Å². The normalized spacial score (nSPS) is 11.3. The van der Waals surface area contributed by atoms with E-state index in [0.29, 0.717) is 5.82 Å². The summed E-state index contributed by atoms with van der Waals surface area (Å²) < 4.78 is 0. The Balaban J connectivity index is 1.28. The summed E-state index contributed by atoms with van der Waals surface area (Å²) in [5.41, 5.74) is 6.91. The summed E-state index contributed by atoms with van der Waals surface area (Å²) in [5, 5.41) is 11.9. The Morgan fingerprint density at radius 3 is 1.22 bits per heavy atom. The Bertz CT molecular complexity index is 3010. The number of H-pyrrole nitrogens is 1. The lowest BCUT2D eigenvalue weighted by Gasteiger charge is -2.12. The van der Waals surface area contributed by atoms with Crippen LogP contribution in [0.1, 0.15) is 0 Å². The number of hydrogen-bond donors (Lipinski definition) is 0. The maximum atomic E-state index is 5.26. The van der Waals surface area contributed by atoms with Crippen molar-refractivity contribution < 1.29 is 4.98 Å². The quantitative estimate of drug-likeness (QED) is 0.185. The van der Waals surface area contributed by atoms with Gasteiger partial charge in [-0.05, 0) is 89.8 Å². The van der Waals surface area contributed by atoms with Crippen molar-refractivity contribution in [1.29, 1.82) is 0 Å². The molecule has 0 saturated carbocycles. The third kappa shape index (κ3) is 5.58. The number of aromatic amines is 1. The van der Waals surface area contributed by atoms with Gasteiger partial charge in [-0.3, -0.25) is 4.98 Å². The topological polar surface area (TPSA) is 52.8 Å². The van der Waals surface area contributed by atoms with Gasteiger partial charge in [-0.2, -0.15) is 0 Å². The first-order valence-corrected chi connectivity index (χ1v) is 18.2. The molecule has 0 saturated heterocycles. The van der Waals surface area contributed by atoms with Crippen LogP contribution >= 0.6 is 0 Å². The van der Waals surface area contributed by atoms with Crippen LogP contribution in [0.15, 0.2) is 195 Å². The van der Waals surface area contributed by atoms with Gasteiger partial charge in [0.15, 0.2) is 18.2 Å². The number of pyridine rings is 2. The summed E-state index contributed by atoms with van der Waals surface area (Å²) in [7, 11) is 0. The van der Waals surface area contributed by atoms with E-state index in [1.54, 1.807) is 0 Å². The van der Waals surface area contributed by atoms with Gasteiger partial charge in [-0.25, -0.2) is 15.0 Å². The largest absolute Gasteiger partial charge is 0.265 e. The van der Waals surface area contributed by atoms with Crippen molar-refractivity contribution in [2.45, 2.75) is 0 Å². The maximum Gasteiger partial charge on any atom is 0.174 e. The predicted octanol–water partition coefficient (Wildman–Crippen LogP) is 12.2. The van der Waals surface area contributed by atoms with E-state index in [-0.39, 0.29) is 0 Å². The van der Waals surface area contributed by atoms with Crippen LogP contribution in [0, 0.1) is 0 Å². The average Bonchev–Trinajstić information content (AvgIpc) is 3.26. The van der Waals surface area contributed by atoms with Crippen LogP contribution in [0.2, 0.25) is 0 Å². The monoisotopic (exact) mass is 689 g/mol. The van der Waals surface area contributed by atoms with E-state index in [1.807, 2.05) is 43.0 Å². The molecule has 4 heteroatoms. The van der Waals surface area contributed by atoms with Crippen LogP contribution in [-0.2, 0) is 0 Å². The van der Waals surface area contributed by atoms with Gasteiger partial charge in [0.25, 0.3) is 0 Å². The molecule has 10 rings (SSSR count). The first-order valence-electron chi connectivity index (χ1n) is 18.2. The lowest BCUT2D eigenvalue weighted by atomic mass is 9.93. The minimum Gasteiger partial charge on any atom is -0.265 e. The number of rotatable bonds is 4. The summed E-state index contributed by atoms with van der Waals surface area (Å²) >= 11 is 0. The van der Waals surface area contributed by atoms with Crippen molar-refractivity contribution >= 4 is 53.9 Å². The van der Waals surface area contributed by atoms with Crippen LogP contribution in [0.5, 0.6) is 0 Å². The zero-order valence-corrected chi connectivity index (χ0v) is 29.3. The van der Waals surface area contributed by atoms with E-state index in [4.69, 9.17) is 9.97 Å². The fraction of sp³-hybridized carbons (Fsp3) is 0. The summed E-state index contributed by atoms with van der Waals surface area (Å²) in [4.78, 5) is 17.9. The van der Waals surface area contributed by atoms with Crippen molar-refractivity contribution in [2.75, 3.05) is 0 Å². The third-order valence-electron chi connectivity index (χ3n) is 10.4. The van der Waals surface area contributed by atoms with E-state index >= 15 is 0 Å². The van der Waals surface area contributed by atoms with Crippen LogP contribution in [0.4, 0.5) is 0 Å². The molecule has 4 nitrogen and oxygen atoms in total. The second-order valence-electron chi connectivity index (χ2n) is 13.5. The van der Waals surface area contributed by atoms with Crippen LogP contribution in [0.3, 0.4) is 0 Å². The molecule has 0 aliphatic heterocycles. The van der Waals surface area contributed by atoms with Gasteiger partial charge >= 0.3 is 0 Å². The molecule has 54 heavy (non-hydrogen) atoms. The summed E-state index contributed by atoms with van der Waals surface area (Å²) in [6, 6.07) is 60.6. The number of benzene rings is 6. The van der Waals surface area contributed by atoms with Crippen LogP contribution in [0.25, 0.3) is 98.9 Å². The Kier molecular flexibility index (Phi) is 7.77. The predicted molar refractivity (Wildman–Crippen MR) is 223 cm³/mol. The molecule has 0 spiro atoms. The number of nitrogens with one attached hydrogen (secondary N) is 1. The van der Waals surface area contributed by atoms with Crippen LogP contribution < -0.4 is 4.98 Å². The third-order valence-corrected chi connectivity index (χ3v) is 10.4. The standard InChI is InChI=1S/C50H32N4/c1-2-13-40-38(11-1)39-12-3-4-14-41(39)43-16-7-8-18-45(43)47-30-36(23-24-46(47)44-17-6-5-15-42(40)44)50-53-48(31-49(54-50)35-25-28-51-29-26-35)34-21-19-33(20-22-34)37-10-9-27-52-32-37/h1-32H/p+1. The smallest absolute Gasteiger partial charge is 0.174 e. The molecule has 0 aliphatic rings. The number of nitrogens with zero attached hydrogens (tertiary/aromatic N) is 3. The summed E-state index contributed by atoms with van der Waals surface area (Å²) in [6.45, 7) is 0. The molecule has 0 amide bonds. The zero-order valence-electron chi connectivity index (χ0n) is 29.3. The zero-order chi connectivity index (χ0) is 35.8. The van der Waals surface area contributed by atoms with Crippen molar-refractivity contribution in [3.8, 4) is 45.0 Å². The minimum atomic E-state index is 0.664. The van der Waals surface area contributed by atoms with Crippen molar-refractivity contribution in [1.82, 2.24) is 15.0 Å². The summed E-state index contributed by atoms with van der Waals surface area (Å²) in [6.07, 6.45) is 7.55. The van der Waals surface area contributed by atoms with Crippen molar-refractivity contribution in [3.05, 3.63) is 195 Å². The van der Waals surface area contributed by atoms with Gasteiger partial charge in [0, 0.05) is 40.7 Å². The molecule has 1 N–H and O–H groups in total. The second-order valence-corrected chi connectivity index (χ2v) is 13.5. The molecular formula is C50H33N4+. The van der Waals surface area contributed by atoms with Gasteiger partial charge in [0.1, 0.15) is 0 Å². The van der Waals surface area contributed by atoms with E-state index in [2.05, 4.69) is 162 Å². The molecule has 3 heterocycles. The Labute approximate surface area is 312 Å². The van der Waals surface area contributed by atoms with Crippen molar-refractivity contribution in [3.63, 3.8) is 0 Å². The molecule has 10 aromatic rings.